The number of fused-ring (bicyclic) bond motifs is 1. The monoisotopic (exact) mass is 523 g/mol. The van der Waals surface area contributed by atoms with Crippen molar-refractivity contribution in [2.75, 3.05) is 0 Å². The van der Waals surface area contributed by atoms with E-state index in [2.05, 4.69) is 21.0 Å². The van der Waals surface area contributed by atoms with Gasteiger partial charge in [-0.2, -0.15) is 9.78 Å². The van der Waals surface area contributed by atoms with Gasteiger partial charge in [0.05, 0.1) is 17.1 Å². The highest BCUT2D eigenvalue weighted by Gasteiger charge is 2.22. The summed E-state index contributed by atoms with van der Waals surface area (Å²) >= 11 is 9.37. The minimum Gasteiger partial charge on any atom is -0.489 e. The van der Waals surface area contributed by atoms with Crippen molar-refractivity contribution in [3.8, 4) is 5.75 Å². The maximum Gasteiger partial charge on any atom is 0.282 e. The van der Waals surface area contributed by atoms with Crippen LogP contribution >= 0.6 is 27.5 Å². The summed E-state index contributed by atoms with van der Waals surface area (Å²) in [7, 11) is 0. The molecule has 4 rings (SSSR count). The lowest BCUT2D eigenvalue weighted by Crippen LogP contribution is -2.29. The molecule has 1 aromatic heterocycles. The predicted molar refractivity (Wildman–Crippen MR) is 138 cm³/mol. The summed E-state index contributed by atoms with van der Waals surface area (Å²) in [6.07, 6.45) is 1.65. The molecule has 0 fully saturated rings. The summed E-state index contributed by atoms with van der Waals surface area (Å²) < 4.78 is 8.11. The standard InChI is InChI=1S/C26H23BrClN3O2/c1-26(2,3)25-30-23-12-9-19(27)14-22(23)24(32)31(25)29-15-18-5-4-6-21(13-18)33-16-17-7-10-20(28)11-8-17/h4-15H,16H2,1-3H3. The first-order valence-corrected chi connectivity index (χ1v) is 11.6. The van der Waals surface area contributed by atoms with Crippen molar-refractivity contribution in [1.82, 2.24) is 9.66 Å². The van der Waals surface area contributed by atoms with E-state index in [0.29, 0.717) is 34.1 Å². The van der Waals surface area contributed by atoms with Gasteiger partial charge in [0.2, 0.25) is 0 Å². The van der Waals surface area contributed by atoms with Crippen LogP contribution in [0.1, 0.15) is 37.7 Å². The first kappa shape index (κ1) is 23.2. The molecule has 0 saturated carbocycles. The number of hydrogen-bond donors (Lipinski definition) is 0. The molecule has 0 aliphatic rings. The number of halogens is 2. The molecule has 4 aromatic rings. The Morgan fingerprint density at radius 1 is 1.09 bits per heavy atom. The maximum atomic E-state index is 13.3. The molecule has 0 aliphatic heterocycles. The molecule has 1 heterocycles. The van der Waals surface area contributed by atoms with Crippen LogP contribution in [-0.4, -0.2) is 15.9 Å². The van der Waals surface area contributed by atoms with Crippen LogP contribution in [0.15, 0.2) is 81.1 Å². The first-order chi connectivity index (χ1) is 15.7. The highest BCUT2D eigenvalue weighted by atomic mass is 79.9. The molecule has 0 spiro atoms. The van der Waals surface area contributed by atoms with Crippen LogP contribution in [0, 0.1) is 0 Å². The fraction of sp³-hybridized carbons (Fsp3) is 0.192. The third-order valence-corrected chi connectivity index (χ3v) is 5.72. The summed E-state index contributed by atoms with van der Waals surface area (Å²) in [5.74, 6) is 1.30. The van der Waals surface area contributed by atoms with Gasteiger partial charge in [0.15, 0.2) is 0 Å². The van der Waals surface area contributed by atoms with Crippen molar-refractivity contribution < 1.29 is 4.74 Å². The topological polar surface area (TPSA) is 56.5 Å². The van der Waals surface area contributed by atoms with Crippen LogP contribution in [0.25, 0.3) is 10.9 Å². The number of nitrogens with zero attached hydrogens (tertiary/aromatic N) is 3. The van der Waals surface area contributed by atoms with Crippen molar-refractivity contribution in [2.24, 2.45) is 5.10 Å². The van der Waals surface area contributed by atoms with E-state index in [9.17, 15) is 4.79 Å². The van der Waals surface area contributed by atoms with Crippen LogP contribution < -0.4 is 10.3 Å². The van der Waals surface area contributed by atoms with Gasteiger partial charge in [-0.05, 0) is 53.6 Å². The second-order valence-corrected chi connectivity index (χ2v) is 10.0. The molecule has 0 aliphatic carbocycles. The minimum atomic E-state index is -0.374. The lowest BCUT2D eigenvalue weighted by molar-refractivity contribution is 0.306. The van der Waals surface area contributed by atoms with Crippen LogP contribution in [-0.2, 0) is 12.0 Å². The third kappa shape index (κ3) is 5.52. The van der Waals surface area contributed by atoms with E-state index in [-0.39, 0.29) is 11.0 Å². The molecular formula is C26H23BrClN3O2. The fourth-order valence-electron chi connectivity index (χ4n) is 3.30. The van der Waals surface area contributed by atoms with Gasteiger partial charge in [-0.25, -0.2) is 4.98 Å². The van der Waals surface area contributed by atoms with Gasteiger partial charge >= 0.3 is 0 Å². The Labute approximate surface area is 205 Å². The molecule has 0 radical (unpaired) electrons. The molecule has 3 aromatic carbocycles. The number of benzene rings is 3. The van der Waals surface area contributed by atoms with E-state index in [1.54, 1.807) is 12.3 Å². The minimum absolute atomic E-state index is 0.211. The number of aromatic nitrogens is 2. The van der Waals surface area contributed by atoms with Gasteiger partial charge in [0, 0.05) is 14.9 Å². The molecular weight excluding hydrogens is 502 g/mol. The molecule has 33 heavy (non-hydrogen) atoms. The van der Waals surface area contributed by atoms with Gasteiger partial charge in [-0.1, -0.05) is 72.6 Å². The molecule has 0 saturated heterocycles. The zero-order chi connectivity index (χ0) is 23.6. The summed E-state index contributed by atoms with van der Waals surface area (Å²) in [5.41, 5.74) is 1.90. The van der Waals surface area contributed by atoms with Gasteiger partial charge in [0.1, 0.15) is 18.2 Å². The molecule has 168 valence electrons. The lowest BCUT2D eigenvalue weighted by Gasteiger charge is -2.20. The highest BCUT2D eigenvalue weighted by Crippen LogP contribution is 2.23. The van der Waals surface area contributed by atoms with E-state index in [1.807, 2.05) is 81.4 Å². The van der Waals surface area contributed by atoms with Crippen LogP contribution in [0.4, 0.5) is 0 Å². The SMILES string of the molecule is CC(C)(C)c1nc2ccc(Br)cc2c(=O)n1N=Cc1cccc(OCc2ccc(Cl)cc2)c1. The van der Waals surface area contributed by atoms with Gasteiger partial charge in [-0.15, -0.1) is 0 Å². The molecule has 0 amide bonds. The summed E-state index contributed by atoms with van der Waals surface area (Å²) in [5, 5.41) is 5.72. The Hall–Kier alpha value is -2.96. The average Bonchev–Trinajstić information content (AvgIpc) is 2.78. The smallest absolute Gasteiger partial charge is 0.282 e. The van der Waals surface area contributed by atoms with Crippen LogP contribution in [0.5, 0.6) is 5.75 Å². The normalized spacial score (nSPS) is 11.9. The number of ether oxygens (including phenoxy) is 1. The van der Waals surface area contributed by atoms with E-state index < -0.39 is 0 Å². The van der Waals surface area contributed by atoms with E-state index in [4.69, 9.17) is 21.3 Å². The Balaban J connectivity index is 1.65. The van der Waals surface area contributed by atoms with Crippen molar-refractivity contribution in [3.63, 3.8) is 0 Å². The van der Waals surface area contributed by atoms with Gasteiger partial charge in [-0.3, -0.25) is 4.79 Å². The summed E-state index contributed by atoms with van der Waals surface area (Å²) in [6, 6.07) is 20.6. The molecule has 0 atom stereocenters. The largest absolute Gasteiger partial charge is 0.489 e. The first-order valence-electron chi connectivity index (χ1n) is 10.5. The molecule has 5 nitrogen and oxygen atoms in total. The van der Waals surface area contributed by atoms with Crippen LogP contribution in [0.3, 0.4) is 0 Å². The van der Waals surface area contributed by atoms with E-state index >= 15 is 0 Å². The van der Waals surface area contributed by atoms with Gasteiger partial charge < -0.3 is 4.74 Å². The number of hydrogen-bond acceptors (Lipinski definition) is 4. The Bertz CT molecular complexity index is 1390. The van der Waals surface area contributed by atoms with Gasteiger partial charge in [0.25, 0.3) is 5.56 Å². The average molecular weight is 525 g/mol. The zero-order valence-electron chi connectivity index (χ0n) is 18.5. The Morgan fingerprint density at radius 3 is 2.58 bits per heavy atom. The Kier molecular flexibility index (Phi) is 6.68. The highest BCUT2D eigenvalue weighted by molar-refractivity contribution is 9.10. The second-order valence-electron chi connectivity index (χ2n) is 8.70. The third-order valence-electron chi connectivity index (χ3n) is 4.98. The molecule has 0 unspecified atom stereocenters. The zero-order valence-corrected chi connectivity index (χ0v) is 20.9. The second kappa shape index (κ2) is 9.49. The van der Waals surface area contributed by atoms with Crippen molar-refractivity contribution in [2.45, 2.75) is 32.8 Å². The van der Waals surface area contributed by atoms with Crippen molar-refractivity contribution in [1.29, 1.82) is 0 Å². The molecule has 0 bridgehead atoms. The summed E-state index contributed by atoms with van der Waals surface area (Å²) in [4.78, 5) is 18.0. The quantitative estimate of drug-likeness (QED) is 0.277. The molecule has 7 heteroatoms. The van der Waals surface area contributed by atoms with Crippen molar-refractivity contribution >= 4 is 44.6 Å². The lowest BCUT2D eigenvalue weighted by atomic mass is 9.95. The van der Waals surface area contributed by atoms with E-state index in [0.717, 1.165) is 15.6 Å². The predicted octanol–water partition coefficient (Wildman–Crippen LogP) is 6.57. The van der Waals surface area contributed by atoms with E-state index in [1.165, 1.54) is 4.68 Å². The van der Waals surface area contributed by atoms with Crippen molar-refractivity contribution in [3.05, 3.63) is 104 Å². The Morgan fingerprint density at radius 2 is 1.85 bits per heavy atom. The molecule has 0 N–H and O–H groups in total. The number of rotatable bonds is 5. The summed E-state index contributed by atoms with van der Waals surface area (Å²) in [6.45, 7) is 6.46. The fourth-order valence-corrected chi connectivity index (χ4v) is 3.78. The van der Waals surface area contributed by atoms with Crippen LogP contribution in [0.2, 0.25) is 5.02 Å². The maximum absolute atomic E-state index is 13.3.